The van der Waals surface area contributed by atoms with E-state index in [1.54, 1.807) is 6.92 Å². The molecule has 5 aliphatic rings. The van der Waals surface area contributed by atoms with Crippen molar-refractivity contribution < 1.29 is 38.7 Å². The molecule has 3 heterocycles. The Labute approximate surface area is 163 Å². The second-order valence-corrected chi connectivity index (χ2v) is 9.72. The molecule has 3 aliphatic heterocycles. The van der Waals surface area contributed by atoms with Gasteiger partial charge in [0.2, 0.25) is 0 Å². The summed E-state index contributed by atoms with van der Waals surface area (Å²) < 4.78 is 23.4. The van der Waals surface area contributed by atoms with E-state index in [2.05, 4.69) is 0 Å². The fraction of sp³-hybridized carbons (Fsp3) is 0.900. The lowest BCUT2D eigenvalue weighted by molar-refractivity contribution is -0.283. The Bertz CT molecular complexity index is 750. The zero-order valence-electron chi connectivity index (χ0n) is 16.7. The molecule has 0 unspecified atom stereocenters. The van der Waals surface area contributed by atoms with Crippen molar-refractivity contribution in [2.24, 2.45) is 29.1 Å². The van der Waals surface area contributed by atoms with Crippen molar-refractivity contribution in [1.82, 2.24) is 0 Å². The Morgan fingerprint density at radius 2 is 1.86 bits per heavy atom. The number of fused-ring (bicyclic) bond motifs is 8. The molecule has 0 aromatic rings. The quantitative estimate of drug-likeness (QED) is 0.507. The van der Waals surface area contributed by atoms with Crippen LogP contribution in [0.25, 0.3) is 0 Å². The molecule has 2 bridgehead atoms. The van der Waals surface area contributed by atoms with Gasteiger partial charge in [0.05, 0.1) is 23.4 Å². The smallest absolute Gasteiger partial charge is 0.312 e. The monoisotopic (exact) mass is 396 g/mol. The molecule has 0 radical (unpaired) electrons. The van der Waals surface area contributed by atoms with Gasteiger partial charge in [-0.3, -0.25) is 9.59 Å². The van der Waals surface area contributed by atoms with Crippen LogP contribution >= 0.6 is 0 Å². The van der Waals surface area contributed by atoms with Crippen molar-refractivity contribution in [2.75, 3.05) is 7.11 Å². The topological polar surface area (TPSA) is 115 Å². The van der Waals surface area contributed by atoms with Gasteiger partial charge in [-0.15, -0.1) is 0 Å². The molecular weight excluding hydrogens is 368 g/mol. The maximum Gasteiger partial charge on any atom is 0.312 e. The van der Waals surface area contributed by atoms with E-state index in [4.69, 9.17) is 18.9 Å². The van der Waals surface area contributed by atoms with Gasteiger partial charge in [-0.25, -0.2) is 0 Å². The van der Waals surface area contributed by atoms with Gasteiger partial charge in [-0.2, -0.15) is 0 Å². The minimum absolute atomic E-state index is 0.0813. The molecule has 0 aromatic heterocycles. The lowest BCUT2D eigenvalue weighted by Gasteiger charge is -2.58. The van der Waals surface area contributed by atoms with Crippen LogP contribution in [-0.4, -0.2) is 71.0 Å². The van der Waals surface area contributed by atoms with E-state index in [1.807, 2.05) is 20.8 Å². The van der Waals surface area contributed by atoms with Crippen LogP contribution in [0.3, 0.4) is 0 Å². The van der Waals surface area contributed by atoms with Gasteiger partial charge in [0.1, 0.15) is 30.0 Å². The van der Waals surface area contributed by atoms with Crippen molar-refractivity contribution >= 4 is 11.9 Å². The fourth-order valence-electron chi connectivity index (χ4n) is 7.10. The summed E-state index contributed by atoms with van der Waals surface area (Å²) in [5.41, 5.74) is -3.85. The molecule has 3 saturated heterocycles. The van der Waals surface area contributed by atoms with Crippen LogP contribution in [0.2, 0.25) is 0 Å². The molecule has 11 atom stereocenters. The first-order valence-corrected chi connectivity index (χ1v) is 10.1. The summed E-state index contributed by atoms with van der Waals surface area (Å²) in [7, 11) is 1.53. The zero-order chi connectivity index (χ0) is 20.4. The van der Waals surface area contributed by atoms with E-state index in [1.165, 1.54) is 7.11 Å². The van der Waals surface area contributed by atoms with Crippen LogP contribution in [0.4, 0.5) is 0 Å². The highest BCUT2D eigenvalue weighted by Crippen LogP contribution is 2.75. The number of rotatable bonds is 3. The summed E-state index contributed by atoms with van der Waals surface area (Å²) in [6.45, 7) is 7.38. The molecule has 1 spiro atoms. The first kappa shape index (κ1) is 18.8. The van der Waals surface area contributed by atoms with E-state index >= 15 is 0 Å². The van der Waals surface area contributed by atoms with Crippen molar-refractivity contribution in [3.05, 3.63) is 0 Å². The molecule has 5 rings (SSSR count). The second kappa shape index (κ2) is 5.28. The molecule has 0 amide bonds. The normalized spacial score (nSPS) is 57.2. The average Bonchev–Trinajstić information content (AvgIpc) is 3.21. The Hall–Kier alpha value is -1.22. The third kappa shape index (κ3) is 1.70. The third-order valence-corrected chi connectivity index (χ3v) is 8.42. The van der Waals surface area contributed by atoms with Crippen molar-refractivity contribution in [3.8, 4) is 0 Å². The fourth-order valence-corrected chi connectivity index (χ4v) is 7.10. The molecule has 8 nitrogen and oxygen atoms in total. The zero-order valence-corrected chi connectivity index (χ0v) is 16.7. The molecule has 156 valence electrons. The van der Waals surface area contributed by atoms with Gasteiger partial charge < -0.3 is 29.2 Å². The summed E-state index contributed by atoms with van der Waals surface area (Å²) in [6.07, 6.45) is -3.02. The van der Waals surface area contributed by atoms with Gasteiger partial charge in [-0.1, -0.05) is 20.8 Å². The Morgan fingerprint density at radius 1 is 1.18 bits per heavy atom. The number of carbonyl (C=O) groups excluding carboxylic acids is 2. The number of epoxide rings is 1. The van der Waals surface area contributed by atoms with Gasteiger partial charge in [-0.05, 0) is 12.8 Å². The maximum atomic E-state index is 12.9. The van der Waals surface area contributed by atoms with Crippen LogP contribution in [0, 0.1) is 29.1 Å². The molecule has 2 aliphatic carbocycles. The SMILES string of the molecule is CO[C@@H]1[C@@H]2OC(=O)[C@@H]([C@H]2C(C)C)[C@@]2(O)[C@H]3O[C@H]3[C@]3(C[C@H]([C@H](C)O)C(=O)O3)[C@]12C. The summed E-state index contributed by atoms with van der Waals surface area (Å²) in [5, 5.41) is 22.2. The molecule has 28 heavy (non-hydrogen) atoms. The Kier molecular flexibility index (Phi) is 3.54. The van der Waals surface area contributed by atoms with Gasteiger partial charge in [0.25, 0.3) is 0 Å². The minimum Gasteiger partial charge on any atom is -0.459 e. The van der Waals surface area contributed by atoms with Crippen LogP contribution in [0.1, 0.15) is 34.1 Å². The average molecular weight is 396 g/mol. The summed E-state index contributed by atoms with van der Waals surface area (Å²) in [6, 6.07) is 0. The molecule has 2 saturated carbocycles. The summed E-state index contributed by atoms with van der Waals surface area (Å²) in [4.78, 5) is 25.5. The number of ether oxygens (including phenoxy) is 4. The van der Waals surface area contributed by atoms with Crippen molar-refractivity contribution in [3.63, 3.8) is 0 Å². The molecule has 8 heteroatoms. The second-order valence-electron chi connectivity index (χ2n) is 9.72. The van der Waals surface area contributed by atoms with Crippen LogP contribution in [0.5, 0.6) is 0 Å². The lowest BCUT2D eigenvalue weighted by Crippen LogP contribution is -2.73. The number of hydrogen-bond donors (Lipinski definition) is 2. The lowest BCUT2D eigenvalue weighted by atomic mass is 9.50. The van der Waals surface area contributed by atoms with E-state index < -0.39 is 70.9 Å². The highest BCUT2D eigenvalue weighted by Gasteiger charge is 2.93. The van der Waals surface area contributed by atoms with Crippen molar-refractivity contribution in [2.45, 2.75) is 75.8 Å². The van der Waals surface area contributed by atoms with E-state index in [-0.39, 0.29) is 18.3 Å². The number of methoxy groups -OCH3 is 1. The third-order valence-electron chi connectivity index (χ3n) is 8.42. The van der Waals surface area contributed by atoms with E-state index in [9.17, 15) is 19.8 Å². The minimum atomic E-state index is -1.58. The predicted octanol–water partition coefficient (Wildman–Crippen LogP) is 0.0299. The van der Waals surface area contributed by atoms with Gasteiger partial charge in [0.15, 0.2) is 5.60 Å². The molecule has 2 N–H and O–H groups in total. The van der Waals surface area contributed by atoms with E-state index in [0.29, 0.717) is 0 Å². The number of aliphatic hydroxyl groups is 2. The summed E-state index contributed by atoms with van der Waals surface area (Å²) in [5.74, 6) is -2.57. The standard InChI is InChI=1S/C20H28O8/c1-7(2)10-11-17(23)26-12(10)13(25-5)18(4)19(14-15(27-14)20(11,18)24)6-9(8(3)21)16(22)28-19/h7-15,21,24H,6H2,1-5H3/t8-,9+,10+,11+,12+,13+,14+,15-,18-,19+,20+/m0/s1. The largest absolute Gasteiger partial charge is 0.459 e. The Balaban J connectivity index is 1.70. The first-order chi connectivity index (χ1) is 13.1. The highest BCUT2D eigenvalue weighted by atomic mass is 16.7. The number of carbonyl (C=O) groups is 2. The molecular formula is C20H28O8. The van der Waals surface area contributed by atoms with Crippen LogP contribution in [-0.2, 0) is 28.5 Å². The van der Waals surface area contributed by atoms with Crippen LogP contribution < -0.4 is 0 Å². The number of hydrogen-bond acceptors (Lipinski definition) is 8. The van der Waals surface area contributed by atoms with E-state index in [0.717, 1.165) is 0 Å². The first-order valence-electron chi connectivity index (χ1n) is 10.1. The highest BCUT2D eigenvalue weighted by molar-refractivity contribution is 5.81. The van der Waals surface area contributed by atoms with Crippen LogP contribution in [0.15, 0.2) is 0 Å². The van der Waals surface area contributed by atoms with Gasteiger partial charge in [0, 0.05) is 19.4 Å². The van der Waals surface area contributed by atoms with Crippen molar-refractivity contribution in [1.29, 1.82) is 0 Å². The number of aliphatic hydroxyl groups excluding tert-OH is 1. The summed E-state index contributed by atoms with van der Waals surface area (Å²) >= 11 is 0. The molecule has 0 aromatic carbocycles. The predicted molar refractivity (Wildman–Crippen MR) is 92.8 cm³/mol. The number of esters is 2. The van der Waals surface area contributed by atoms with Gasteiger partial charge >= 0.3 is 11.9 Å². The molecule has 5 fully saturated rings. The Morgan fingerprint density at radius 3 is 2.39 bits per heavy atom. The maximum absolute atomic E-state index is 12.9.